The molecule has 1 aromatic carbocycles. The van der Waals surface area contributed by atoms with Gasteiger partial charge in [0, 0.05) is 4.88 Å². The maximum absolute atomic E-state index is 11.5. The third kappa shape index (κ3) is 1.81. The van der Waals surface area contributed by atoms with Crippen molar-refractivity contribution in [3.05, 3.63) is 45.8 Å². The first-order chi connectivity index (χ1) is 8.69. The van der Waals surface area contributed by atoms with E-state index < -0.39 is 0 Å². The Labute approximate surface area is 111 Å². The lowest BCUT2D eigenvalue weighted by Gasteiger charge is -2.16. The fourth-order valence-corrected chi connectivity index (χ4v) is 3.72. The molecule has 0 unspecified atom stereocenters. The van der Waals surface area contributed by atoms with Gasteiger partial charge in [-0.25, -0.2) is 0 Å². The van der Waals surface area contributed by atoms with Crippen molar-refractivity contribution in [1.29, 1.82) is 0 Å². The van der Waals surface area contributed by atoms with Crippen LogP contribution in [0.2, 0.25) is 0 Å². The van der Waals surface area contributed by atoms with Gasteiger partial charge < -0.3 is 0 Å². The van der Waals surface area contributed by atoms with Gasteiger partial charge in [0.05, 0.1) is 4.88 Å². The van der Waals surface area contributed by atoms with E-state index in [0.717, 1.165) is 24.1 Å². The molecular formula is C16H16OS. The lowest BCUT2D eigenvalue weighted by Crippen LogP contribution is -2.01. The van der Waals surface area contributed by atoms with Crippen LogP contribution in [0.4, 0.5) is 0 Å². The summed E-state index contributed by atoms with van der Waals surface area (Å²) in [6.07, 6.45) is 3.23. The first kappa shape index (κ1) is 11.7. The number of hydrogen-bond donors (Lipinski definition) is 0. The zero-order valence-electron chi connectivity index (χ0n) is 10.7. The smallest absolute Gasteiger partial charge is 0.169 e. The number of hydrogen-bond acceptors (Lipinski definition) is 2. The molecule has 0 saturated carbocycles. The minimum absolute atomic E-state index is 0.183. The topological polar surface area (TPSA) is 17.1 Å². The van der Waals surface area contributed by atoms with Crippen LogP contribution >= 0.6 is 11.3 Å². The van der Waals surface area contributed by atoms with Gasteiger partial charge in [0.2, 0.25) is 0 Å². The highest BCUT2D eigenvalue weighted by molar-refractivity contribution is 7.17. The molecular weight excluding hydrogens is 240 g/mol. The Morgan fingerprint density at radius 1 is 1.22 bits per heavy atom. The summed E-state index contributed by atoms with van der Waals surface area (Å²) in [5.41, 5.74) is 5.51. The Morgan fingerprint density at radius 2 is 2.00 bits per heavy atom. The third-order valence-corrected chi connectivity index (χ3v) is 4.96. The number of carbonyl (C=O) groups is 1. The molecule has 0 saturated heterocycles. The first-order valence-electron chi connectivity index (χ1n) is 6.45. The number of rotatable bonds is 2. The monoisotopic (exact) mass is 256 g/mol. The molecule has 1 aliphatic rings. The summed E-state index contributed by atoms with van der Waals surface area (Å²) in [4.78, 5) is 13.7. The maximum Gasteiger partial charge on any atom is 0.169 e. The van der Waals surface area contributed by atoms with Crippen molar-refractivity contribution in [3.63, 3.8) is 0 Å². The number of aryl methyl sites for hydroxylation is 3. The average Bonchev–Trinajstić information content (AvgIpc) is 2.82. The molecule has 2 heteroatoms. The van der Waals surface area contributed by atoms with E-state index in [2.05, 4.69) is 31.2 Å². The molecule has 0 bridgehead atoms. The molecule has 0 spiro atoms. The van der Waals surface area contributed by atoms with Crippen LogP contribution in [0, 0.1) is 0 Å². The largest absolute Gasteiger partial charge is 0.294 e. The van der Waals surface area contributed by atoms with Crippen LogP contribution in [-0.2, 0) is 19.3 Å². The van der Waals surface area contributed by atoms with E-state index in [0.29, 0.717) is 0 Å². The summed E-state index contributed by atoms with van der Waals surface area (Å²) in [6.45, 7) is 3.83. The van der Waals surface area contributed by atoms with Gasteiger partial charge in [0.25, 0.3) is 0 Å². The number of carbonyl (C=O) groups excluding carboxylic acids is 1. The zero-order chi connectivity index (χ0) is 12.7. The Hall–Kier alpha value is -1.41. The van der Waals surface area contributed by atoms with Crippen molar-refractivity contribution < 1.29 is 4.79 Å². The van der Waals surface area contributed by atoms with Crippen LogP contribution in [0.3, 0.4) is 0 Å². The quantitative estimate of drug-likeness (QED) is 0.733. The molecule has 0 N–H and O–H groups in total. The number of Topliss-reactive ketones (excluding diaryl/α,β-unsaturated/α-hetero) is 1. The standard InChI is InChI=1S/C16H16OS/c1-3-11-4-5-12-6-7-13-9-15(10(2)17)18-16(13)14(12)8-11/h4-5,8-9H,3,6-7H2,1-2H3. The Bertz CT molecular complexity index is 622. The molecule has 3 rings (SSSR count). The van der Waals surface area contributed by atoms with Crippen LogP contribution in [-0.4, -0.2) is 5.78 Å². The molecule has 1 heterocycles. The van der Waals surface area contributed by atoms with Gasteiger partial charge in [-0.3, -0.25) is 4.79 Å². The number of ketones is 1. The van der Waals surface area contributed by atoms with Gasteiger partial charge >= 0.3 is 0 Å². The predicted molar refractivity (Wildman–Crippen MR) is 76.5 cm³/mol. The number of benzene rings is 1. The van der Waals surface area contributed by atoms with Gasteiger partial charge in [-0.1, -0.05) is 25.1 Å². The van der Waals surface area contributed by atoms with E-state index in [9.17, 15) is 4.79 Å². The van der Waals surface area contributed by atoms with E-state index in [-0.39, 0.29) is 5.78 Å². The molecule has 18 heavy (non-hydrogen) atoms. The zero-order valence-corrected chi connectivity index (χ0v) is 11.6. The molecule has 0 fully saturated rings. The van der Waals surface area contributed by atoms with Gasteiger partial charge in [-0.2, -0.15) is 0 Å². The lowest BCUT2D eigenvalue weighted by molar-refractivity contribution is 0.102. The van der Waals surface area contributed by atoms with Gasteiger partial charge in [0.15, 0.2) is 5.78 Å². The highest BCUT2D eigenvalue weighted by atomic mass is 32.1. The highest BCUT2D eigenvalue weighted by Crippen LogP contribution is 2.40. The van der Waals surface area contributed by atoms with Crippen molar-refractivity contribution in [1.82, 2.24) is 0 Å². The molecule has 0 amide bonds. The van der Waals surface area contributed by atoms with Crippen LogP contribution < -0.4 is 0 Å². The highest BCUT2D eigenvalue weighted by Gasteiger charge is 2.20. The lowest BCUT2D eigenvalue weighted by atomic mass is 9.90. The second-order valence-corrected chi connectivity index (χ2v) is 5.92. The van der Waals surface area contributed by atoms with E-state index in [1.165, 1.54) is 27.1 Å². The van der Waals surface area contributed by atoms with Crippen molar-refractivity contribution in [3.8, 4) is 10.4 Å². The van der Waals surface area contributed by atoms with E-state index >= 15 is 0 Å². The van der Waals surface area contributed by atoms with E-state index in [4.69, 9.17) is 0 Å². The minimum atomic E-state index is 0.183. The summed E-state index contributed by atoms with van der Waals surface area (Å²) in [6, 6.07) is 8.87. The van der Waals surface area contributed by atoms with E-state index in [1.807, 2.05) is 0 Å². The Morgan fingerprint density at radius 3 is 2.72 bits per heavy atom. The fraction of sp³-hybridized carbons (Fsp3) is 0.312. The van der Waals surface area contributed by atoms with Crippen LogP contribution in [0.25, 0.3) is 10.4 Å². The fourth-order valence-electron chi connectivity index (χ4n) is 2.56. The summed E-state index contributed by atoms with van der Waals surface area (Å²) < 4.78 is 0. The molecule has 0 aliphatic heterocycles. The molecule has 0 atom stereocenters. The van der Waals surface area contributed by atoms with Gasteiger partial charge in [0.1, 0.15) is 0 Å². The third-order valence-electron chi connectivity index (χ3n) is 3.65. The van der Waals surface area contributed by atoms with Crippen LogP contribution in [0.1, 0.15) is 40.2 Å². The number of thiophene rings is 1. The second-order valence-electron chi connectivity index (χ2n) is 4.87. The van der Waals surface area contributed by atoms with Crippen molar-refractivity contribution in [2.75, 3.05) is 0 Å². The van der Waals surface area contributed by atoms with Gasteiger partial charge in [-0.05, 0) is 54.5 Å². The normalized spacial score (nSPS) is 13.0. The maximum atomic E-state index is 11.5. The summed E-state index contributed by atoms with van der Waals surface area (Å²) >= 11 is 1.66. The Kier molecular flexibility index (Phi) is 2.83. The van der Waals surface area contributed by atoms with E-state index in [1.54, 1.807) is 18.3 Å². The Balaban J connectivity index is 2.17. The summed E-state index contributed by atoms with van der Waals surface area (Å²) in [5.74, 6) is 0.183. The number of fused-ring (bicyclic) bond motifs is 3. The molecule has 1 aromatic heterocycles. The molecule has 1 nitrogen and oxygen atoms in total. The minimum Gasteiger partial charge on any atom is -0.294 e. The van der Waals surface area contributed by atoms with Crippen molar-refractivity contribution in [2.24, 2.45) is 0 Å². The first-order valence-corrected chi connectivity index (χ1v) is 7.26. The average molecular weight is 256 g/mol. The molecule has 92 valence electrons. The summed E-state index contributed by atoms with van der Waals surface area (Å²) in [5, 5.41) is 0. The second kappa shape index (κ2) is 4.36. The SMILES string of the molecule is CCc1ccc2c(c1)-c1sc(C(C)=O)cc1CC2. The van der Waals surface area contributed by atoms with Gasteiger partial charge in [-0.15, -0.1) is 11.3 Å². The van der Waals surface area contributed by atoms with Crippen LogP contribution in [0.15, 0.2) is 24.3 Å². The molecule has 1 aliphatic carbocycles. The predicted octanol–water partition coefficient (Wildman–Crippen LogP) is 4.28. The molecule has 0 radical (unpaired) electrons. The van der Waals surface area contributed by atoms with Crippen LogP contribution in [0.5, 0.6) is 0 Å². The molecule has 2 aromatic rings. The van der Waals surface area contributed by atoms with Crippen molar-refractivity contribution >= 4 is 17.1 Å². The summed E-state index contributed by atoms with van der Waals surface area (Å²) in [7, 11) is 0. The van der Waals surface area contributed by atoms with Crippen molar-refractivity contribution in [2.45, 2.75) is 33.1 Å².